The van der Waals surface area contributed by atoms with Crippen molar-refractivity contribution in [1.29, 1.82) is 0 Å². The topological polar surface area (TPSA) is 45.5 Å². The molecule has 1 aromatic carbocycles. The average Bonchev–Trinajstić information content (AvgIpc) is 3.35. The van der Waals surface area contributed by atoms with Gasteiger partial charge in [-0.25, -0.2) is 0 Å². The third-order valence-corrected chi connectivity index (χ3v) is 6.33. The summed E-state index contributed by atoms with van der Waals surface area (Å²) in [6.45, 7) is 2.07. The molecular formula is C19H19ClN2O2S. The first kappa shape index (κ1) is 16.6. The zero-order valence-electron chi connectivity index (χ0n) is 13.7. The fourth-order valence-corrected chi connectivity index (χ4v) is 4.89. The first-order chi connectivity index (χ1) is 12.2. The average molecular weight is 375 g/mol. The Morgan fingerprint density at radius 2 is 2.20 bits per heavy atom. The Morgan fingerprint density at radius 1 is 1.32 bits per heavy atom. The number of fused-ring (bicyclic) bond motifs is 1. The molecule has 0 saturated carbocycles. The summed E-state index contributed by atoms with van der Waals surface area (Å²) in [5.41, 5.74) is 0. The minimum atomic E-state index is -0.101. The smallest absolute Gasteiger partial charge is 0.237 e. The predicted molar refractivity (Wildman–Crippen MR) is 101 cm³/mol. The van der Waals surface area contributed by atoms with Crippen LogP contribution in [0.1, 0.15) is 23.5 Å². The zero-order valence-corrected chi connectivity index (χ0v) is 15.3. The molecule has 4 nitrogen and oxygen atoms in total. The van der Waals surface area contributed by atoms with Gasteiger partial charge >= 0.3 is 0 Å². The molecule has 0 unspecified atom stereocenters. The molecule has 1 aliphatic rings. The van der Waals surface area contributed by atoms with Crippen molar-refractivity contribution in [2.45, 2.75) is 32.0 Å². The van der Waals surface area contributed by atoms with Crippen molar-refractivity contribution in [3.8, 4) is 0 Å². The Morgan fingerprint density at radius 3 is 3.00 bits per heavy atom. The molecule has 1 amide bonds. The molecule has 1 aliphatic heterocycles. The number of amides is 1. The second-order valence-electron chi connectivity index (χ2n) is 6.26. The second kappa shape index (κ2) is 7.20. The van der Waals surface area contributed by atoms with E-state index in [0.29, 0.717) is 6.54 Å². The lowest BCUT2D eigenvalue weighted by Crippen LogP contribution is -2.42. The van der Waals surface area contributed by atoms with Crippen LogP contribution in [0, 0.1) is 0 Å². The minimum absolute atomic E-state index is 0.0612. The van der Waals surface area contributed by atoms with E-state index in [1.807, 2.05) is 24.3 Å². The van der Waals surface area contributed by atoms with E-state index < -0.39 is 0 Å². The van der Waals surface area contributed by atoms with Gasteiger partial charge in [0.2, 0.25) is 5.91 Å². The van der Waals surface area contributed by atoms with Gasteiger partial charge in [0.15, 0.2) is 0 Å². The Balaban J connectivity index is 1.45. The molecule has 3 heterocycles. The van der Waals surface area contributed by atoms with Crippen LogP contribution in [0.3, 0.4) is 0 Å². The van der Waals surface area contributed by atoms with Gasteiger partial charge in [-0.1, -0.05) is 29.8 Å². The second-order valence-corrected chi connectivity index (χ2v) is 7.78. The zero-order chi connectivity index (χ0) is 17.2. The van der Waals surface area contributed by atoms with Crippen LogP contribution in [0.5, 0.6) is 0 Å². The molecule has 130 valence electrons. The summed E-state index contributed by atoms with van der Waals surface area (Å²) in [6.07, 6.45) is 3.53. The number of benzene rings is 1. The number of hydrogen-bond acceptors (Lipinski definition) is 4. The quantitative estimate of drug-likeness (QED) is 0.718. The first-order valence-corrected chi connectivity index (χ1v) is 9.62. The molecule has 1 saturated heterocycles. The van der Waals surface area contributed by atoms with Crippen LogP contribution in [-0.2, 0) is 17.9 Å². The van der Waals surface area contributed by atoms with Crippen molar-refractivity contribution < 1.29 is 9.21 Å². The Labute approximate surface area is 155 Å². The van der Waals surface area contributed by atoms with E-state index in [1.165, 1.54) is 4.70 Å². The Bertz CT molecular complexity index is 875. The molecule has 1 N–H and O–H groups in total. The molecule has 4 rings (SSSR count). The summed E-state index contributed by atoms with van der Waals surface area (Å²) >= 11 is 8.28. The largest absolute Gasteiger partial charge is 0.467 e. The summed E-state index contributed by atoms with van der Waals surface area (Å²) in [6, 6.07) is 11.8. The highest BCUT2D eigenvalue weighted by molar-refractivity contribution is 7.19. The van der Waals surface area contributed by atoms with Gasteiger partial charge in [0, 0.05) is 21.5 Å². The van der Waals surface area contributed by atoms with E-state index in [1.54, 1.807) is 17.6 Å². The van der Waals surface area contributed by atoms with Crippen LogP contribution in [0.2, 0.25) is 5.02 Å². The SMILES string of the molecule is O=C(NCc1ccco1)[C@@H]1CCCN1Cc1sc2ccccc2c1Cl. The maximum atomic E-state index is 12.6. The lowest BCUT2D eigenvalue weighted by molar-refractivity contribution is -0.125. The lowest BCUT2D eigenvalue weighted by Gasteiger charge is -2.23. The van der Waals surface area contributed by atoms with Crippen LogP contribution in [0.25, 0.3) is 10.1 Å². The fraction of sp³-hybridized carbons (Fsp3) is 0.316. The van der Waals surface area contributed by atoms with Crippen LogP contribution >= 0.6 is 22.9 Å². The van der Waals surface area contributed by atoms with E-state index in [0.717, 1.165) is 47.0 Å². The summed E-state index contributed by atoms with van der Waals surface area (Å²) in [7, 11) is 0. The number of carbonyl (C=O) groups excluding carboxylic acids is 1. The maximum Gasteiger partial charge on any atom is 0.237 e. The first-order valence-electron chi connectivity index (χ1n) is 8.42. The van der Waals surface area contributed by atoms with Crippen LogP contribution in [0.15, 0.2) is 47.1 Å². The summed E-state index contributed by atoms with van der Waals surface area (Å²) in [5, 5.41) is 4.90. The van der Waals surface area contributed by atoms with Gasteiger partial charge in [-0.2, -0.15) is 0 Å². The number of nitrogens with one attached hydrogen (secondary N) is 1. The normalized spacial score (nSPS) is 18.0. The van der Waals surface area contributed by atoms with Crippen LogP contribution in [-0.4, -0.2) is 23.4 Å². The molecule has 1 atom stereocenters. The van der Waals surface area contributed by atoms with Gasteiger partial charge in [0.05, 0.1) is 23.9 Å². The number of halogens is 1. The summed E-state index contributed by atoms with van der Waals surface area (Å²) in [4.78, 5) is 15.9. The molecule has 0 radical (unpaired) electrons. The van der Waals surface area contributed by atoms with Gasteiger partial charge < -0.3 is 9.73 Å². The van der Waals surface area contributed by atoms with Crippen molar-refractivity contribution >= 4 is 38.9 Å². The summed E-state index contributed by atoms with van der Waals surface area (Å²) < 4.78 is 6.47. The minimum Gasteiger partial charge on any atom is -0.467 e. The predicted octanol–water partition coefficient (Wildman–Crippen LogP) is 4.43. The molecule has 0 spiro atoms. The molecule has 0 aliphatic carbocycles. The molecule has 3 aromatic rings. The summed E-state index contributed by atoms with van der Waals surface area (Å²) in [5.74, 6) is 0.830. The van der Waals surface area contributed by atoms with E-state index in [4.69, 9.17) is 16.0 Å². The van der Waals surface area contributed by atoms with Gasteiger partial charge in [0.1, 0.15) is 5.76 Å². The van der Waals surface area contributed by atoms with Crippen molar-refractivity contribution in [2.24, 2.45) is 0 Å². The highest BCUT2D eigenvalue weighted by Gasteiger charge is 2.31. The van der Waals surface area contributed by atoms with Gasteiger partial charge in [-0.15, -0.1) is 11.3 Å². The van der Waals surface area contributed by atoms with Crippen molar-refractivity contribution in [3.05, 3.63) is 58.3 Å². The number of carbonyl (C=O) groups is 1. The molecule has 0 bridgehead atoms. The number of likely N-dealkylation sites (tertiary alicyclic amines) is 1. The third kappa shape index (κ3) is 3.45. The third-order valence-electron chi connectivity index (χ3n) is 4.63. The number of furan rings is 1. The number of rotatable bonds is 5. The highest BCUT2D eigenvalue weighted by Crippen LogP contribution is 2.37. The maximum absolute atomic E-state index is 12.6. The number of thiophene rings is 1. The molecule has 25 heavy (non-hydrogen) atoms. The van der Waals surface area contributed by atoms with Crippen LogP contribution < -0.4 is 5.32 Å². The van der Waals surface area contributed by atoms with Gasteiger partial charge in [0.25, 0.3) is 0 Å². The fourth-order valence-electron chi connectivity index (χ4n) is 3.37. The molecule has 2 aromatic heterocycles. The highest BCUT2D eigenvalue weighted by atomic mass is 35.5. The van der Waals surface area contributed by atoms with E-state index in [-0.39, 0.29) is 11.9 Å². The van der Waals surface area contributed by atoms with E-state index in [2.05, 4.69) is 22.3 Å². The van der Waals surface area contributed by atoms with Crippen molar-refractivity contribution in [3.63, 3.8) is 0 Å². The molecule has 6 heteroatoms. The van der Waals surface area contributed by atoms with Crippen molar-refractivity contribution in [1.82, 2.24) is 10.2 Å². The lowest BCUT2D eigenvalue weighted by atomic mass is 10.2. The van der Waals surface area contributed by atoms with E-state index >= 15 is 0 Å². The molecule has 1 fully saturated rings. The van der Waals surface area contributed by atoms with Crippen LogP contribution in [0.4, 0.5) is 0 Å². The molecular weight excluding hydrogens is 356 g/mol. The number of nitrogens with zero attached hydrogens (tertiary/aromatic N) is 1. The van der Waals surface area contributed by atoms with Gasteiger partial charge in [-0.3, -0.25) is 9.69 Å². The Kier molecular flexibility index (Phi) is 4.79. The van der Waals surface area contributed by atoms with E-state index in [9.17, 15) is 4.79 Å². The van der Waals surface area contributed by atoms with Crippen molar-refractivity contribution in [2.75, 3.05) is 6.54 Å². The van der Waals surface area contributed by atoms with Gasteiger partial charge in [-0.05, 0) is 37.6 Å². The number of hydrogen-bond donors (Lipinski definition) is 1. The Hall–Kier alpha value is -1.82. The monoisotopic (exact) mass is 374 g/mol. The standard InChI is InChI=1S/C19H19ClN2O2S/c20-18-14-6-1-2-8-16(14)25-17(18)12-22-9-3-7-15(22)19(23)21-11-13-5-4-10-24-13/h1-2,4-6,8,10,15H,3,7,9,11-12H2,(H,21,23)/t15-/m0/s1.